The molecule has 0 N–H and O–H groups in total. The van der Waals surface area contributed by atoms with Gasteiger partial charge in [-0.2, -0.15) is 0 Å². The molecular weight excluding hydrogens is 518 g/mol. The lowest BCUT2D eigenvalue weighted by Gasteiger charge is -2.13. The van der Waals surface area contributed by atoms with Gasteiger partial charge in [-0.05, 0) is 53.6 Å². The molecule has 4 nitrogen and oxygen atoms in total. The molecule has 1 aliphatic heterocycles. The number of benzene rings is 3. The highest BCUT2D eigenvalue weighted by atomic mass is 35.5. The van der Waals surface area contributed by atoms with Crippen LogP contribution >= 0.6 is 35.0 Å². The molecule has 3 aromatic carbocycles. The lowest BCUT2D eigenvalue weighted by atomic mass is 10.1. The number of imide groups is 1. The smallest absolute Gasteiger partial charge is 0.293 e. The van der Waals surface area contributed by atoms with Crippen LogP contribution in [0, 0.1) is 5.82 Å². The van der Waals surface area contributed by atoms with Gasteiger partial charge in [-0.25, -0.2) is 4.39 Å². The van der Waals surface area contributed by atoms with Gasteiger partial charge in [-0.1, -0.05) is 72.6 Å². The molecular formula is C28H21Cl2FN2O2S. The fourth-order valence-corrected chi connectivity index (χ4v) is 5.67. The number of fused-ring (bicyclic) bond motifs is 1. The van der Waals surface area contributed by atoms with E-state index >= 15 is 0 Å². The first kappa shape index (κ1) is 24.6. The van der Waals surface area contributed by atoms with E-state index in [1.165, 1.54) is 11.0 Å². The number of aryl methyl sites for hydroxylation is 1. The Hall–Kier alpha value is -3.06. The van der Waals surface area contributed by atoms with Crippen molar-refractivity contribution in [2.24, 2.45) is 0 Å². The minimum atomic E-state index is -0.374. The number of hydrogen-bond donors (Lipinski definition) is 0. The SMILES string of the molecule is CCc1cccc2c(/C=C3\SC(=O)N(Cc4ccccc4Cl)C3=O)cn(Cc3c(F)cccc3Cl)c12. The Morgan fingerprint density at radius 2 is 1.64 bits per heavy atom. The summed E-state index contributed by atoms with van der Waals surface area (Å²) in [6.45, 7) is 2.40. The molecule has 2 heterocycles. The van der Waals surface area contributed by atoms with Crippen molar-refractivity contribution in [1.29, 1.82) is 0 Å². The average Bonchev–Trinajstić information content (AvgIpc) is 3.34. The van der Waals surface area contributed by atoms with Crippen molar-refractivity contribution < 1.29 is 14.0 Å². The number of hydrogen-bond acceptors (Lipinski definition) is 3. The van der Waals surface area contributed by atoms with E-state index in [9.17, 15) is 14.0 Å². The minimum Gasteiger partial charge on any atom is -0.342 e. The van der Waals surface area contributed by atoms with Crippen LogP contribution in [0.15, 0.2) is 71.8 Å². The Bertz CT molecular complexity index is 1530. The Morgan fingerprint density at radius 3 is 2.39 bits per heavy atom. The third kappa shape index (κ3) is 4.57. The van der Waals surface area contributed by atoms with E-state index < -0.39 is 0 Å². The molecule has 0 spiro atoms. The highest BCUT2D eigenvalue weighted by Gasteiger charge is 2.35. The number of nitrogens with zero attached hydrogens (tertiary/aromatic N) is 2. The van der Waals surface area contributed by atoms with Crippen molar-refractivity contribution in [3.63, 3.8) is 0 Å². The van der Waals surface area contributed by atoms with Gasteiger partial charge >= 0.3 is 0 Å². The zero-order valence-corrected chi connectivity index (χ0v) is 21.6. The van der Waals surface area contributed by atoms with Gasteiger partial charge < -0.3 is 4.57 Å². The number of para-hydroxylation sites is 1. The maximum absolute atomic E-state index is 14.6. The lowest BCUT2D eigenvalue weighted by molar-refractivity contribution is -0.123. The summed E-state index contributed by atoms with van der Waals surface area (Å²) < 4.78 is 16.5. The molecule has 36 heavy (non-hydrogen) atoms. The van der Waals surface area contributed by atoms with Crippen LogP contribution in [-0.2, 0) is 24.3 Å². The van der Waals surface area contributed by atoms with Crippen LogP contribution in [0.2, 0.25) is 10.0 Å². The molecule has 0 bridgehead atoms. The van der Waals surface area contributed by atoms with Gasteiger partial charge in [0, 0.05) is 32.8 Å². The topological polar surface area (TPSA) is 42.3 Å². The number of thioether (sulfide) groups is 1. The second-order valence-electron chi connectivity index (χ2n) is 8.44. The number of rotatable bonds is 6. The summed E-state index contributed by atoms with van der Waals surface area (Å²) >= 11 is 13.5. The molecule has 1 aliphatic rings. The molecule has 1 saturated heterocycles. The molecule has 1 aromatic heterocycles. The molecule has 8 heteroatoms. The maximum atomic E-state index is 14.6. The molecule has 0 unspecified atom stereocenters. The van der Waals surface area contributed by atoms with Crippen LogP contribution in [0.25, 0.3) is 17.0 Å². The van der Waals surface area contributed by atoms with Crippen LogP contribution in [0.1, 0.15) is 29.2 Å². The zero-order valence-electron chi connectivity index (χ0n) is 19.3. The van der Waals surface area contributed by atoms with Gasteiger partial charge in [-0.15, -0.1) is 0 Å². The molecule has 1 fully saturated rings. The van der Waals surface area contributed by atoms with Gasteiger partial charge in [-0.3, -0.25) is 14.5 Å². The largest absolute Gasteiger partial charge is 0.342 e. The molecule has 5 rings (SSSR count). The Balaban J connectivity index is 1.54. The predicted octanol–water partition coefficient (Wildman–Crippen LogP) is 7.93. The van der Waals surface area contributed by atoms with Crippen LogP contribution in [0.3, 0.4) is 0 Å². The van der Waals surface area contributed by atoms with E-state index in [0.29, 0.717) is 26.1 Å². The average molecular weight is 539 g/mol. The van der Waals surface area contributed by atoms with E-state index in [-0.39, 0.29) is 30.1 Å². The lowest BCUT2D eigenvalue weighted by Crippen LogP contribution is -2.27. The molecule has 4 aromatic rings. The summed E-state index contributed by atoms with van der Waals surface area (Å²) in [5.41, 5.74) is 3.91. The van der Waals surface area contributed by atoms with Gasteiger partial charge in [0.1, 0.15) is 5.82 Å². The van der Waals surface area contributed by atoms with Crippen LogP contribution in [-0.4, -0.2) is 20.6 Å². The second-order valence-corrected chi connectivity index (χ2v) is 10.2. The van der Waals surface area contributed by atoms with Crippen molar-refractivity contribution in [1.82, 2.24) is 9.47 Å². The van der Waals surface area contributed by atoms with Crippen LogP contribution in [0.4, 0.5) is 9.18 Å². The number of amides is 2. The second kappa shape index (κ2) is 10.1. The molecule has 0 atom stereocenters. The van der Waals surface area contributed by atoms with Crippen molar-refractivity contribution in [2.45, 2.75) is 26.4 Å². The summed E-state index contributed by atoms with van der Waals surface area (Å²) in [5.74, 6) is -0.741. The summed E-state index contributed by atoms with van der Waals surface area (Å²) in [5, 5.41) is 1.43. The molecule has 0 saturated carbocycles. The molecule has 182 valence electrons. The third-order valence-electron chi connectivity index (χ3n) is 6.23. The van der Waals surface area contributed by atoms with Gasteiger partial charge in [0.25, 0.3) is 11.1 Å². The number of carbonyl (C=O) groups is 2. The van der Waals surface area contributed by atoms with E-state index in [1.807, 2.05) is 35.0 Å². The monoisotopic (exact) mass is 538 g/mol. The first-order chi connectivity index (χ1) is 17.4. The highest BCUT2D eigenvalue weighted by Crippen LogP contribution is 2.36. The van der Waals surface area contributed by atoms with Gasteiger partial charge in [0.05, 0.1) is 23.5 Å². The van der Waals surface area contributed by atoms with Gasteiger partial charge in [0.15, 0.2) is 0 Å². The number of aromatic nitrogens is 1. The summed E-state index contributed by atoms with van der Waals surface area (Å²) in [6, 6.07) is 17.7. The van der Waals surface area contributed by atoms with Crippen molar-refractivity contribution >= 4 is 63.1 Å². The fourth-order valence-electron chi connectivity index (χ4n) is 4.42. The first-order valence-corrected chi connectivity index (χ1v) is 13.0. The fraction of sp³-hybridized carbons (Fsp3) is 0.143. The van der Waals surface area contributed by atoms with Crippen molar-refractivity contribution in [3.8, 4) is 0 Å². The molecule has 2 amide bonds. The normalized spacial score (nSPS) is 15.0. The standard InChI is InChI=1S/C28H21Cl2FN2O2S/c1-2-17-8-5-9-20-19(14-32(26(17)20)16-21-23(30)11-6-12-24(21)31)13-25-27(34)33(28(35)36-25)15-18-7-3-4-10-22(18)29/h3-14H,2,15-16H2,1H3/b25-13-. The summed E-state index contributed by atoms with van der Waals surface area (Å²) in [6.07, 6.45) is 4.40. The highest BCUT2D eigenvalue weighted by molar-refractivity contribution is 8.18. The predicted molar refractivity (Wildman–Crippen MR) is 145 cm³/mol. The summed E-state index contributed by atoms with van der Waals surface area (Å²) in [4.78, 5) is 27.4. The van der Waals surface area contributed by atoms with E-state index in [2.05, 4.69) is 6.92 Å². The van der Waals surface area contributed by atoms with Crippen molar-refractivity contribution in [3.05, 3.63) is 110 Å². The summed E-state index contributed by atoms with van der Waals surface area (Å²) in [7, 11) is 0. The Morgan fingerprint density at radius 1 is 0.917 bits per heavy atom. The van der Waals surface area contributed by atoms with E-state index in [4.69, 9.17) is 23.2 Å². The van der Waals surface area contributed by atoms with Crippen LogP contribution < -0.4 is 0 Å². The van der Waals surface area contributed by atoms with E-state index in [1.54, 1.807) is 36.4 Å². The minimum absolute atomic E-state index is 0.106. The van der Waals surface area contributed by atoms with E-state index in [0.717, 1.165) is 40.2 Å². The number of halogens is 3. The van der Waals surface area contributed by atoms with Crippen LogP contribution in [0.5, 0.6) is 0 Å². The molecule has 0 radical (unpaired) electrons. The quantitative estimate of drug-likeness (QED) is 0.234. The Labute approximate surface area is 222 Å². The zero-order chi connectivity index (χ0) is 25.4. The third-order valence-corrected chi connectivity index (χ3v) is 7.86. The van der Waals surface area contributed by atoms with Gasteiger partial charge in [0.2, 0.25) is 0 Å². The maximum Gasteiger partial charge on any atom is 0.293 e. The molecule has 0 aliphatic carbocycles. The Kier molecular flexibility index (Phi) is 6.93. The first-order valence-electron chi connectivity index (χ1n) is 11.4. The van der Waals surface area contributed by atoms with Crippen molar-refractivity contribution in [2.75, 3.05) is 0 Å². The number of carbonyl (C=O) groups excluding carboxylic acids is 2.